The lowest BCUT2D eigenvalue weighted by Gasteiger charge is -2.19. The van der Waals surface area contributed by atoms with Crippen molar-refractivity contribution in [1.29, 1.82) is 0 Å². The summed E-state index contributed by atoms with van der Waals surface area (Å²) in [5.41, 5.74) is 3.23. The second-order valence-corrected chi connectivity index (χ2v) is 10.1. The van der Waals surface area contributed by atoms with E-state index in [-0.39, 0.29) is 5.78 Å². The van der Waals surface area contributed by atoms with Crippen molar-refractivity contribution in [2.45, 2.75) is 47.1 Å². The van der Waals surface area contributed by atoms with Gasteiger partial charge in [-0.2, -0.15) is 0 Å². The van der Waals surface area contributed by atoms with E-state index in [0.717, 1.165) is 16.6 Å². The van der Waals surface area contributed by atoms with Crippen LogP contribution in [0.4, 0.5) is 10.5 Å². The molecule has 0 saturated heterocycles. The van der Waals surface area contributed by atoms with Gasteiger partial charge in [-0.25, -0.2) is 14.8 Å². The van der Waals surface area contributed by atoms with Crippen molar-refractivity contribution in [1.82, 2.24) is 19.5 Å². The first-order valence-electron chi connectivity index (χ1n) is 10.8. The molecule has 0 fully saturated rings. The summed E-state index contributed by atoms with van der Waals surface area (Å²) in [4.78, 5) is 38.2. The molecule has 2 N–H and O–H groups in total. The average molecular weight is 448 g/mol. The van der Waals surface area contributed by atoms with Crippen molar-refractivity contribution >= 4 is 39.6 Å². The van der Waals surface area contributed by atoms with Crippen molar-refractivity contribution in [2.24, 2.45) is 5.41 Å². The first-order chi connectivity index (χ1) is 15.4. The number of Topliss-reactive ketones (excluding diaryl/α,β-unsaturated/α-hetero) is 1. The van der Waals surface area contributed by atoms with Gasteiger partial charge < -0.3 is 15.0 Å². The summed E-state index contributed by atoms with van der Waals surface area (Å²) >= 11 is 0. The molecule has 3 aromatic heterocycles. The Hall–Kier alpha value is -3.68. The Kier molecular flexibility index (Phi) is 5.27. The van der Waals surface area contributed by atoms with Crippen LogP contribution in [0.5, 0.6) is 0 Å². The summed E-state index contributed by atoms with van der Waals surface area (Å²) in [6.45, 7) is 11.1. The smallest absolute Gasteiger partial charge is 0.419 e. The predicted octanol–water partition coefficient (Wildman–Crippen LogP) is 5.63. The number of rotatable bonds is 3. The lowest BCUT2D eigenvalue weighted by atomic mass is 9.87. The van der Waals surface area contributed by atoms with E-state index in [0.29, 0.717) is 27.9 Å². The molecule has 8 heteroatoms. The van der Waals surface area contributed by atoms with Crippen molar-refractivity contribution in [3.8, 4) is 11.3 Å². The molecule has 1 aromatic carbocycles. The number of nitrogens with zero attached hydrogens (tertiary/aromatic N) is 3. The fourth-order valence-electron chi connectivity index (χ4n) is 3.65. The molecule has 0 saturated carbocycles. The zero-order valence-corrected chi connectivity index (χ0v) is 20.0. The van der Waals surface area contributed by atoms with Crippen molar-refractivity contribution < 1.29 is 14.3 Å². The highest BCUT2D eigenvalue weighted by molar-refractivity contribution is 6.09. The van der Waals surface area contributed by atoms with E-state index in [1.807, 2.05) is 66.8 Å². The van der Waals surface area contributed by atoms with Crippen LogP contribution in [-0.2, 0) is 4.74 Å². The minimum absolute atomic E-state index is 0.0196. The predicted molar refractivity (Wildman–Crippen MR) is 130 cm³/mol. The summed E-state index contributed by atoms with van der Waals surface area (Å²) in [5, 5.41) is 3.95. The number of carbonyl (C=O) groups excluding carboxylic acids is 2. The Morgan fingerprint density at radius 2 is 1.85 bits per heavy atom. The summed E-state index contributed by atoms with van der Waals surface area (Å²) < 4.78 is 7.09. The van der Waals surface area contributed by atoms with E-state index < -0.39 is 17.1 Å². The maximum atomic E-state index is 12.9. The fraction of sp³-hybridized carbons (Fsp3) is 0.360. The van der Waals surface area contributed by atoms with Gasteiger partial charge in [0.05, 0.1) is 23.0 Å². The third kappa shape index (κ3) is 4.20. The molecule has 0 aliphatic carbocycles. The number of hydrogen-bond donors (Lipinski definition) is 2. The number of H-pyrrole nitrogens is 1. The molecule has 8 nitrogen and oxygen atoms in total. The second kappa shape index (κ2) is 7.72. The third-order valence-corrected chi connectivity index (χ3v) is 5.27. The van der Waals surface area contributed by atoms with Crippen LogP contribution < -0.4 is 5.32 Å². The molecule has 4 rings (SSSR count). The number of ether oxygens (including phenoxy) is 1. The SMILES string of the molecule is CNc1ccc2c(c1)c(-c1cnc3[nH]cc(C(=O)C(C)(C)C)c3n1)cn2C(=O)OC(C)(C)C. The van der Waals surface area contributed by atoms with Gasteiger partial charge in [0.25, 0.3) is 0 Å². The first-order valence-corrected chi connectivity index (χ1v) is 10.8. The number of nitrogens with one attached hydrogen (secondary N) is 2. The highest BCUT2D eigenvalue weighted by atomic mass is 16.6. The van der Waals surface area contributed by atoms with E-state index in [1.54, 1.807) is 18.6 Å². The van der Waals surface area contributed by atoms with E-state index in [1.165, 1.54) is 4.57 Å². The normalized spacial score (nSPS) is 12.3. The number of aromatic nitrogens is 4. The molecule has 3 heterocycles. The minimum Gasteiger partial charge on any atom is -0.443 e. The van der Waals surface area contributed by atoms with Crippen LogP contribution in [0.3, 0.4) is 0 Å². The van der Waals surface area contributed by atoms with Gasteiger partial charge in [-0.3, -0.25) is 9.36 Å². The van der Waals surface area contributed by atoms with Gasteiger partial charge in [-0.15, -0.1) is 0 Å². The summed E-state index contributed by atoms with van der Waals surface area (Å²) in [6, 6.07) is 5.72. The highest BCUT2D eigenvalue weighted by Crippen LogP contribution is 2.33. The molecule has 0 amide bonds. The van der Waals surface area contributed by atoms with Gasteiger partial charge in [0.2, 0.25) is 0 Å². The first kappa shape index (κ1) is 22.5. The van der Waals surface area contributed by atoms with Crippen LogP contribution in [-0.4, -0.2) is 44.0 Å². The van der Waals surface area contributed by atoms with Gasteiger partial charge in [0.15, 0.2) is 11.4 Å². The van der Waals surface area contributed by atoms with E-state index in [2.05, 4.69) is 15.3 Å². The zero-order valence-electron chi connectivity index (χ0n) is 20.0. The van der Waals surface area contributed by atoms with Gasteiger partial charge in [-0.1, -0.05) is 20.8 Å². The highest BCUT2D eigenvalue weighted by Gasteiger charge is 2.27. The van der Waals surface area contributed by atoms with Crippen LogP contribution in [0.1, 0.15) is 51.9 Å². The lowest BCUT2D eigenvalue weighted by Crippen LogP contribution is -2.26. The van der Waals surface area contributed by atoms with Crippen LogP contribution in [0, 0.1) is 5.41 Å². The second-order valence-electron chi connectivity index (χ2n) is 10.1. The Balaban J connectivity index is 1.92. The molecule has 4 aromatic rings. The Morgan fingerprint density at radius 1 is 1.12 bits per heavy atom. The molecule has 0 unspecified atom stereocenters. The molecule has 0 spiro atoms. The average Bonchev–Trinajstić information content (AvgIpc) is 3.31. The standard InChI is InChI=1S/C25H29N5O3/c1-24(2,3)21(31)16-11-27-22-20(16)29-18(12-28-22)17-13-30(23(32)33-25(4,5)6)19-9-8-14(26-7)10-15(17)19/h8-13,26H,1-7H3,(H,27,28). The number of ketones is 1. The topological polar surface area (TPSA) is 102 Å². The zero-order chi connectivity index (χ0) is 24.1. The number of carbonyl (C=O) groups is 2. The van der Waals surface area contributed by atoms with Gasteiger partial charge >= 0.3 is 6.09 Å². The Labute approximate surface area is 192 Å². The maximum Gasteiger partial charge on any atom is 0.419 e. The third-order valence-electron chi connectivity index (χ3n) is 5.27. The summed E-state index contributed by atoms with van der Waals surface area (Å²) in [5.74, 6) is -0.0196. The molecular formula is C25H29N5O3. The minimum atomic E-state index is -0.634. The Bertz CT molecular complexity index is 1380. The molecule has 0 atom stereocenters. The summed E-state index contributed by atoms with van der Waals surface area (Å²) in [7, 11) is 1.84. The molecule has 172 valence electrons. The number of benzene rings is 1. The fourth-order valence-corrected chi connectivity index (χ4v) is 3.65. The van der Waals surface area contributed by atoms with Crippen LogP contribution in [0.2, 0.25) is 0 Å². The van der Waals surface area contributed by atoms with E-state index in [9.17, 15) is 9.59 Å². The number of hydrogen-bond acceptors (Lipinski definition) is 6. The van der Waals surface area contributed by atoms with Crippen molar-refractivity contribution in [2.75, 3.05) is 12.4 Å². The molecule has 0 aliphatic heterocycles. The van der Waals surface area contributed by atoms with E-state index in [4.69, 9.17) is 9.72 Å². The molecule has 0 radical (unpaired) electrons. The number of aromatic amines is 1. The van der Waals surface area contributed by atoms with Gasteiger partial charge in [0.1, 0.15) is 11.1 Å². The Morgan fingerprint density at radius 3 is 2.48 bits per heavy atom. The molecular weight excluding hydrogens is 418 g/mol. The van der Waals surface area contributed by atoms with E-state index >= 15 is 0 Å². The van der Waals surface area contributed by atoms with Crippen LogP contribution in [0.15, 0.2) is 36.8 Å². The van der Waals surface area contributed by atoms with Crippen molar-refractivity contribution in [3.05, 3.63) is 42.4 Å². The largest absolute Gasteiger partial charge is 0.443 e. The lowest BCUT2D eigenvalue weighted by molar-refractivity contribution is 0.0544. The molecule has 33 heavy (non-hydrogen) atoms. The quantitative estimate of drug-likeness (QED) is 0.395. The van der Waals surface area contributed by atoms with Gasteiger partial charge in [0, 0.05) is 41.5 Å². The monoisotopic (exact) mass is 447 g/mol. The molecule has 0 aliphatic rings. The van der Waals surface area contributed by atoms with Crippen LogP contribution >= 0.6 is 0 Å². The van der Waals surface area contributed by atoms with Crippen LogP contribution in [0.25, 0.3) is 33.3 Å². The summed E-state index contributed by atoms with van der Waals surface area (Å²) in [6.07, 6.45) is 4.54. The number of fused-ring (bicyclic) bond motifs is 2. The van der Waals surface area contributed by atoms with Crippen molar-refractivity contribution in [3.63, 3.8) is 0 Å². The van der Waals surface area contributed by atoms with Gasteiger partial charge in [-0.05, 0) is 39.0 Å². The maximum absolute atomic E-state index is 12.9. The molecule has 0 bridgehead atoms. The number of anilines is 1.